The molecule has 7 heteroatoms. The molecule has 0 radical (unpaired) electrons. The lowest BCUT2D eigenvalue weighted by molar-refractivity contribution is -0.120. The lowest BCUT2D eigenvalue weighted by Gasteiger charge is -2.44. The third-order valence-corrected chi connectivity index (χ3v) is 7.18. The molecule has 0 aliphatic carbocycles. The van der Waals surface area contributed by atoms with Crippen LogP contribution < -0.4 is 4.90 Å². The molecule has 0 bridgehead atoms. The zero-order chi connectivity index (χ0) is 22.0. The van der Waals surface area contributed by atoms with Gasteiger partial charge in [-0.2, -0.15) is 0 Å². The summed E-state index contributed by atoms with van der Waals surface area (Å²) in [6.07, 6.45) is 4.36. The van der Waals surface area contributed by atoms with Crippen LogP contribution in [0.5, 0.6) is 0 Å². The fourth-order valence-corrected chi connectivity index (χ4v) is 5.22. The normalized spacial score (nSPS) is 27.5. The molecular weight excluding hydrogens is 433 g/mol. The van der Waals surface area contributed by atoms with Crippen molar-refractivity contribution in [1.82, 2.24) is 9.88 Å². The van der Waals surface area contributed by atoms with E-state index in [1.807, 2.05) is 35.2 Å². The first kappa shape index (κ1) is 22.5. The van der Waals surface area contributed by atoms with Crippen molar-refractivity contribution in [2.75, 3.05) is 31.1 Å². The van der Waals surface area contributed by atoms with E-state index in [9.17, 15) is 4.79 Å². The first-order valence-corrected chi connectivity index (χ1v) is 11.7. The minimum absolute atomic E-state index is 0.114. The molecule has 2 aliphatic rings. The van der Waals surface area contributed by atoms with Crippen molar-refractivity contribution in [3.05, 3.63) is 58.2 Å². The summed E-state index contributed by atoms with van der Waals surface area (Å²) in [5.41, 5.74) is 0.912. The quantitative estimate of drug-likeness (QED) is 0.631. The summed E-state index contributed by atoms with van der Waals surface area (Å²) in [5.74, 6) is 0.813. The Kier molecular flexibility index (Phi) is 6.87. The molecule has 166 valence electrons. The van der Waals surface area contributed by atoms with E-state index in [2.05, 4.69) is 29.8 Å². The van der Waals surface area contributed by atoms with Crippen LogP contribution in [-0.2, 0) is 14.9 Å². The number of piperidine rings is 1. The van der Waals surface area contributed by atoms with Crippen LogP contribution in [0, 0.1) is 0 Å². The maximum atomic E-state index is 12.8. The Labute approximate surface area is 194 Å². The van der Waals surface area contributed by atoms with Gasteiger partial charge in [0, 0.05) is 37.7 Å². The highest BCUT2D eigenvalue weighted by Gasteiger charge is 2.41. The zero-order valence-electron chi connectivity index (χ0n) is 18.1. The van der Waals surface area contributed by atoms with Crippen molar-refractivity contribution in [2.45, 2.75) is 50.7 Å². The first-order chi connectivity index (χ1) is 14.9. The van der Waals surface area contributed by atoms with Crippen LogP contribution in [0.4, 0.5) is 5.82 Å². The smallest absolute Gasteiger partial charge is 0.228 e. The molecule has 0 spiro atoms. The first-order valence-electron chi connectivity index (χ1n) is 10.9. The van der Waals surface area contributed by atoms with E-state index in [-0.39, 0.29) is 23.5 Å². The molecular formula is C24H29Cl2N3O2. The number of rotatable bonds is 5. The molecule has 3 unspecified atom stereocenters. The van der Waals surface area contributed by atoms with Crippen LogP contribution >= 0.6 is 23.2 Å². The summed E-state index contributed by atoms with van der Waals surface area (Å²) in [5, 5.41) is 1.10. The molecule has 5 nitrogen and oxygen atoms in total. The molecule has 3 atom stereocenters. The van der Waals surface area contributed by atoms with Crippen molar-refractivity contribution >= 4 is 34.9 Å². The lowest BCUT2D eigenvalue weighted by Crippen LogP contribution is -2.52. The molecule has 0 N–H and O–H groups in total. The minimum Gasteiger partial charge on any atom is -0.373 e. The van der Waals surface area contributed by atoms with E-state index in [0.717, 1.165) is 38.0 Å². The van der Waals surface area contributed by atoms with Gasteiger partial charge in [-0.05, 0) is 63.1 Å². The largest absolute Gasteiger partial charge is 0.373 e. The number of hydrogen-bond donors (Lipinski definition) is 0. The summed E-state index contributed by atoms with van der Waals surface area (Å²) in [4.78, 5) is 21.6. The predicted octanol–water partition coefficient (Wildman–Crippen LogP) is 4.95. The molecule has 0 saturated carbocycles. The summed E-state index contributed by atoms with van der Waals surface area (Å²) in [6.45, 7) is 7.60. The standard InChI is InChI=1S/C24H29Cl2N3O2/c1-17-14-28(15-18(2)31-17)12-10-24(19-6-7-20(25)21(26)13-19)9-8-23(30)29(16-24)22-5-3-4-11-27-22/h3-7,11,13,17-18H,8-10,12,14-16H2,1-2H3. The number of amides is 1. The Hall–Kier alpha value is -1.66. The summed E-state index contributed by atoms with van der Waals surface area (Å²) < 4.78 is 5.90. The van der Waals surface area contributed by atoms with Crippen LogP contribution in [-0.4, -0.2) is 54.2 Å². The van der Waals surface area contributed by atoms with Gasteiger partial charge >= 0.3 is 0 Å². The van der Waals surface area contributed by atoms with Crippen molar-refractivity contribution in [3.63, 3.8) is 0 Å². The SMILES string of the molecule is CC1CN(CCC2(c3ccc(Cl)c(Cl)c3)CCC(=O)N(c3ccccn3)C2)CC(C)O1. The average molecular weight is 462 g/mol. The van der Waals surface area contributed by atoms with E-state index in [1.165, 1.54) is 0 Å². The summed E-state index contributed by atoms with van der Waals surface area (Å²) in [7, 11) is 0. The van der Waals surface area contributed by atoms with Crippen LogP contribution in [0.3, 0.4) is 0 Å². The lowest BCUT2D eigenvalue weighted by atomic mass is 9.71. The maximum Gasteiger partial charge on any atom is 0.228 e. The van der Waals surface area contributed by atoms with Gasteiger partial charge in [0.2, 0.25) is 5.91 Å². The van der Waals surface area contributed by atoms with Gasteiger partial charge in [-0.1, -0.05) is 35.3 Å². The Morgan fingerprint density at radius 3 is 2.58 bits per heavy atom. The van der Waals surface area contributed by atoms with E-state index in [1.54, 1.807) is 6.20 Å². The Morgan fingerprint density at radius 2 is 1.90 bits per heavy atom. The Morgan fingerprint density at radius 1 is 1.13 bits per heavy atom. The van der Waals surface area contributed by atoms with Crippen LogP contribution in [0.25, 0.3) is 0 Å². The number of carbonyl (C=O) groups excluding carboxylic acids is 1. The van der Waals surface area contributed by atoms with Gasteiger partial charge in [0.1, 0.15) is 5.82 Å². The molecule has 1 aromatic heterocycles. The highest BCUT2D eigenvalue weighted by Crippen LogP contribution is 2.41. The number of morpholine rings is 1. The van der Waals surface area contributed by atoms with E-state index >= 15 is 0 Å². The fraction of sp³-hybridized carbons (Fsp3) is 0.500. The van der Waals surface area contributed by atoms with E-state index in [4.69, 9.17) is 27.9 Å². The Bertz CT molecular complexity index is 916. The third kappa shape index (κ3) is 5.06. The molecule has 1 amide bonds. The Balaban J connectivity index is 1.64. The molecule has 2 fully saturated rings. The van der Waals surface area contributed by atoms with Gasteiger partial charge in [0.15, 0.2) is 0 Å². The van der Waals surface area contributed by atoms with Gasteiger partial charge in [-0.15, -0.1) is 0 Å². The number of carbonyl (C=O) groups is 1. The van der Waals surface area contributed by atoms with Gasteiger partial charge in [0.05, 0.1) is 22.3 Å². The maximum absolute atomic E-state index is 12.8. The highest BCUT2D eigenvalue weighted by molar-refractivity contribution is 6.42. The van der Waals surface area contributed by atoms with Crippen LogP contribution in [0.2, 0.25) is 10.0 Å². The number of hydrogen-bond acceptors (Lipinski definition) is 4. The molecule has 1 aromatic carbocycles. The molecule has 3 heterocycles. The molecule has 31 heavy (non-hydrogen) atoms. The molecule has 2 saturated heterocycles. The second-order valence-electron chi connectivity index (χ2n) is 8.84. The summed E-state index contributed by atoms with van der Waals surface area (Å²) in [6, 6.07) is 11.6. The summed E-state index contributed by atoms with van der Waals surface area (Å²) >= 11 is 12.6. The van der Waals surface area contributed by atoms with Gasteiger partial charge in [-0.3, -0.25) is 14.6 Å². The molecule has 2 aliphatic heterocycles. The molecule has 4 rings (SSSR count). The van der Waals surface area contributed by atoms with E-state index in [0.29, 0.717) is 28.8 Å². The van der Waals surface area contributed by atoms with Crippen LogP contribution in [0.15, 0.2) is 42.6 Å². The second-order valence-corrected chi connectivity index (χ2v) is 9.66. The van der Waals surface area contributed by atoms with Gasteiger partial charge < -0.3 is 4.74 Å². The number of ether oxygens (including phenoxy) is 1. The molecule has 2 aromatic rings. The monoisotopic (exact) mass is 461 g/mol. The highest BCUT2D eigenvalue weighted by atomic mass is 35.5. The van der Waals surface area contributed by atoms with Crippen molar-refractivity contribution in [2.24, 2.45) is 0 Å². The zero-order valence-corrected chi connectivity index (χ0v) is 19.6. The van der Waals surface area contributed by atoms with Crippen molar-refractivity contribution in [3.8, 4) is 0 Å². The number of pyridine rings is 1. The topological polar surface area (TPSA) is 45.7 Å². The fourth-order valence-electron chi connectivity index (χ4n) is 4.92. The number of aromatic nitrogens is 1. The van der Waals surface area contributed by atoms with Gasteiger partial charge in [-0.25, -0.2) is 4.98 Å². The minimum atomic E-state index is -0.218. The van der Waals surface area contributed by atoms with E-state index < -0.39 is 0 Å². The second kappa shape index (κ2) is 9.45. The van der Waals surface area contributed by atoms with Crippen molar-refractivity contribution < 1.29 is 9.53 Å². The number of anilines is 1. The number of halogens is 2. The average Bonchev–Trinajstić information content (AvgIpc) is 2.75. The van der Waals surface area contributed by atoms with Crippen molar-refractivity contribution in [1.29, 1.82) is 0 Å². The van der Waals surface area contributed by atoms with Crippen LogP contribution in [0.1, 0.15) is 38.7 Å². The van der Waals surface area contributed by atoms with Gasteiger partial charge in [0.25, 0.3) is 0 Å². The third-order valence-electron chi connectivity index (χ3n) is 6.44. The number of benzene rings is 1. The number of nitrogens with zero attached hydrogens (tertiary/aromatic N) is 3. The predicted molar refractivity (Wildman–Crippen MR) is 125 cm³/mol.